The van der Waals surface area contributed by atoms with Gasteiger partial charge in [-0.2, -0.15) is 0 Å². The van der Waals surface area contributed by atoms with Crippen LogP contribution in [0.3, 0.4) is 0 Å². The van der Waals surface area contributed by atoms with Crippen LogP contribution < -0.4 is 10.0 Å². The van der Waals surface area contributed by atoms with Crippen LogP contribution in [0.4, 0.5) is 0 Å². The minimum Gasteiger partial charge on any atom is -0.481 e. The van der Waals surface area contributed by atoms with Crippen LogP contribution in [0.2, 0.25) is 10.0 Å². The molecule has 1 heterocycles. The van der Waals surface area contributed by atoms with Gasteiger partial charge in [0.15, 0.2) is 0 Å². The van der Waals surface area contributed by atoms with Crippen LogP contribution >= 0.6 is 23.2 Å². The van der Waals surface area contributed by atoms with Crippen LogP contribution in [-0.2, 0) is 19.6 Å². The molecule has 2 aliphatic rings. The first-order valence-electron chi connectivity index (χ1n) is 12.9. The standard InChI is InChI=1S/C28H34Cl2N2O5S/c1-16(25(18-7-9-20(29)10-8-18)32-38(36,37)22-11-12-22)17(2)26-23(19-5-4-6-21(30)13-19)14-28(3,15-24(33)34)27(35)31-26/h4-10,13,16-17,22-23,25-26,32H,11-12,14-15H2,1-3H3,(H,31,35)(H,33,34). The van der Waals surface area contributed by atoms with Gasteiger partial charge in [0.05, 0.1) is 17.1 Å². The third kappa shape index (κ3) is 6.36. The molecule has 2 fully saturated rings. The van der Waals surface area contributed by atoms with Crippen molar-refractivity contribution in [2.24, 2.45) is 17.3 Å². The highest BCUT2D eigenvalue weighted by Gasteiger charge is 2.49. The zero-order valence-electron chi connectivity index (χ0n) is 21.7. The van der Waals surface area contributed by atoms with Crippen molar-refractivity contribution < 1.29 is 23.1 Å². The Morgan fingerprint density at radius 1 is 1.13 bits per heavy atom. The Kier molecular flexibility index (Phi) is 8.48. The van der Waals surface area contributed by atoms with Crippen LogP contribution in [0.15, 0.2) is 48.5 Å². The highest BCUT2D eigenvalue weighted by atomic mass is 35.5. The maximum atomic E-state index is 13.3. The summed E-state index contributed by atoms with van der Waals surface area (Å²) in [7, 11) is -3.52. The number of piperidine rings is 1. The minimum atomic E-state index is -3.52. The fraction of sp³-hybridized carbons (Fsp3) is 0.500. The monoisotopic (exact) mass is 580 g/mol. The molecular formula is C28H34Cl2N2O5S. The number of hydrogen-bond acceptors (Lipinski definition) is 4. The number of aliphatic carboxylic acids is 1. The van der Waals surface area contributed by atoms with Crippen LogP contribution in [0, 0.1) is 17.3 Å². The molecule has 2 aromatic rings. The number of halogens is 2. The summed E-state index contributed by atoms with van der Waals surface area (Å²) >= 11 is 12.4. The smallest absolute Gasteiger partial charge is 0.304 e. The van der Waals surface area contributed by atoms with Crippen LogP contribution in [0.1, 0.15) is 69.5 Å². The van der Waals surface area contributed by atoms with Gasteiger partial charge in [-0.1, -0.05) is 68.2 Å². The van der Waals surface area contributed by atoms with Crippen LogP contribution in [0.25, 0.3) is 0 Å². The predicted octanol–water partition coefficient (Wildman–Crippen LogP) is 5.54. The Labute approximate surface area is 234 Å². The maximum absolute atomic E-state index is 13.3. The molecule has 206 valence electrons. The molecule has 0 spiro atoms. The van der Waals surface area contributed by atoms with Crippen molar-refractivity contribution in [3.05, 3.63) is 69.7 Å². The summed E-state index contributed by atoms with van der Waals surface area (Å²) in [5.41, 5.74) is 0.594. The number of hydrogen-bond donors (Lipinski definition) is 3. The van der Waals surface area contributed by atoms with E-state index in [0.717, 1.165) is 11.1 Å². The summed E-state index contributed by atoms with van der Waals surface area (Å²) in [6.45, 7) is 5.66. The van der Waals surface area contributed by atoms with E-state index in [1.54, 1.807) is 25.1 Å². The average Bonchev–Trinajstić information content (AvgIpc) is 3.70. The molecule has 7 nitrogen and oxygen atoms in total. The lowest BCUT2D eigenvalue weighted by Crippen LogP contribution is -2.57. The molecule has 6 atom stereocenters. The molecule has 0 aromatic heterocycles. The summed E-state index contributed by atoms with van der Waals surface area (Å²) in [6.07, 6.45) is 1.32. The molecule has 1 saturated heterocycles. The molecule has 10 heteroatoms. The number of nitrogens with one attached hydrogen (secondary N) is 2. The first-order valence-corrected chi connectivity index (χ1v) is 15.2. The van der Waals surface area contributed by atoms with Gasteiger partial charge in [0.1, 0.15) is 0 Å². The van der Waals surface area contributed by atoms with Crippen molar-refractivity contribution in [1.29, 1.82) is 0 Å². The zero-order chi connectivity index (χ0) is 27.8. The zero-order valence-corrected chi connectivity index (χ0v) is 24.0. The van der Waals surface area contributed by atoms with Gasteiger partial charge in [-0.15, -0.1) is 0 Å². The largest absolute Gasteiger partial charge is 0.481 e. The second-order valence-electron chi connectivity index (χ2n) is 11.1. The molecule has 1 aliphatic heterocycles. The van der Waals surface area contributed by atoms with E-state index in [1.807, 2.05) is 44.2 Å². The highest BCUT2D eigenvalue weighted by molar-refractivity contribution is 7.90. The van der Waals surface area contributed by atoms with Gasteiger partial charge < -0.3 is 10.4 Å². The molecule has 0 radical (unpaired) electrons. The van der Waals surface area contributed by atoms with E-state index in [9.17, 15) is 23.1 Å². The molecular weight excluding hydrogens is 547 g/mol. The maximum Gasteiger partial charge on any atom is 0.304 e. The lowest BCUT2D eigenvalue weighted by atomic mass is 9.65. The summed E-state index contributed by atoms with van der Waals surface area (Å²) in [5, 5.41) is 13.4. The number of carboxylic acid groups (broad SMARTS) is 1. The fourth-order valence-corrected chi connectivity index (χ4v) is 7.59. The van der Waals surface area contributed by atoms with Gasteiger partial charge in [-0.05, 0) is 66.5 Å². The van der Waals surface area contributed by atoms with E-state index in [0.29, 0.717) is 29.3 Å². The number of carbonyl (C=O) groups excluding carboxylic acids is 1. The van der Waals surface area contributed by atoms with E-state index in [1.165, 1.54) is 0 Å². The minimum absolute atomic E-state index is 0.195. The van der Waals surface area contributed by atoms with Gasteiger partial charge in [0.25, 0.3) is 0 Å². The topological polar surface area (TPSA) is 113 Å². The molecule has 3 N–H and O–H groups in total. The van der Waals surface area contributed by atoms with Crippen molar-refractivity contribution in [2.45, 2.75) is 69.7 Å². The van der Waals surface area contributed by atoms with Gasteiger partial charge in [0.2, 0.25) is 15.9 Å². The van der Waals surface area contributed by atoms with E-state index < -0.39 is 27.4 Å². The second-order valence-corrected chi connectivity index (χ2v) is 14.0. The number of amides is 1. The molecule has 4 rings (SSSR count). The molecule has 2 aromatic carbocycles. The summed E-state index contributed by atoms with van der Waals surface area (Å²) in [4.78, 5) is 24.9. The molecule has 6 unspecified atom stereocenters. The molecule has 1 aliphatic carbocycles. The third-order valence-corrected chi connectivity index (χ3v) is 10.6. The van der Waals surface area contributed by atoms with Crippen molar-refractivity contribution in [2.75, 3.05) is 0 Å². The highest BCUT2D eigenvalue weighted by Crippen LogP contribution is 2.46. The lowest BCUT2D eigenvalue weighted by molar-refractivity contribution is -0.148. The number of carbonyl (C=O) groups is 2. The number of carboxylic acids is 1. The van der Waals surface area contributed by atoms with Gasteiger partial charge in [-0.25, -0.2) is 13.1 Å². The van der Waals surface area contributed by atoms with Crippen LogP contribution in [0.5, 0.6) is 0 Å². The Hall–Kier alpha value is -2.13. The molecule has 1 amide bonds. The van der Waals surface area contributed by atoms with Gasteiger partial charge in [0, 0.05) is 28.0 Å². The first-order chi connectivity index (χ1) is 17.8. The Morgan fingerprint density at radius 2 is 1.79 bits per heavy atom. The van der Waals surface area contributed by atoms with E-state index in [4.69, 9.17) is 23.2 Å². The molecule has 38 heavy (non-hydrogen) atoms. The number of rotatable bonds is 10. The Morgan fingerprint density at radius 3 is 2.37 bits per heavy atom. The molecule has 1 saturated carbocycles. The van der Waals surface area contributed by atoms with E-state index >= 15 is 0 Å². The van der Waals surface area contributed by atoms with Crippen molar-refractivity contribution in [3.63, 3.8) is 0 Å². The Bertz CT molecular complexity index is 1300. The fourth-order valence-electron chi connectivity index (χ4n) is 5.61. The molecule has 0 bridgehead atoms. The SMILES string of the molecule is CC(C(NS(=O)(=O)C1CC1)c1ccc(Cl)cc1)C(C)C1NC(=O)C(C)(CC(=O)O)CC1c1cccc(Cl)c1. The van der Waals surface area contributed by atoms with Crippen molar-refractivity contribution in [3.8, 4) is 0 Å². The van der Waals surface area contributed by atoms with Gasteiger partial charge >= 0.3 is 5.97 Å². The summed E-state index contributed by atoms with van der Waals surface area (Å²) in [5.74, 6) is -2.01. The summed E-state index contributed by atoms with van der Waals surface area (Å²) in [6, 6.07) is 13.6. The summed E-state index contributed by atoms with van der Waals surface area (Å²) < 4.78 is 29.0. The van der Waals surface area contributed by atoms with Gasteiger partial charge in [-0.3, -0.25) is 9.59 Å². The number of benzene rings is 2. The van der Waals surface area contributed by atoms with Crippen molar-refractivity contribution >= 4 is 45.1 Å². The van der Waals surface area contributed by atoms with E-state index in [-0.39, 0.29) is 41.4 Å². The third-order valence-electron chi connectivity index (χ3n) is 8.17. The van der Waals surface area contributed by atoms with Crippen molar-refractivity contribution in [1.82, 2.24) is 10.0 Å². The number of sulfonamides is 1. The lowest BCUT2D eigenvalue weighted by Gasteiger charge is -2.46. The second kappa shape index (κ2) is 11.2. The first kappa shape index (κ1) is 28.9. The average molecular weight is 582 g/mol. The predicted molar refractivity (Wildman–Crippen MR) is 149 cm³/mol. The quantitative estimate of drug-likeness (QED) is 0.341. The van der Waals surface area contributed by atoms with Crippen LogP contribution in [-0.4, -0.2) is 36.7 Å². The van der Waals surface area contributed by atoms with E-state index in [2.05, 4.69) is 10.0 Å². The normalized spacial score (nSPS) is 26.3. The Balaban J connectivity index is 1.70.